The Morgan fingerprint density at radius 1 is 1.47 bits per heavy atom. The molecule has 0 spiro atoms. The van der Waals surface area contributed by atoms with Crippen LogP contribution in [0.5, 0.6) is 0 Å². The summed E-state index contributed by atoms with van der Waals surface area (Å²) in [5.74, 6) is 0.911. The van der Waals surface area contributed by atoms with Crippen molar-refractivity contribution in [1.82, 2.24) is 0 Å². The van der Waals surface area contributed by atoms with E-state index in [1.54, 1.807) is 12.1 Å². The molecule has 2 unspecified atom stereocenters. The van der Waals surface area contributed by atoms with Gasteiger partial charge in [-0.15, -0.1) is 0 Å². The fourth-order valence-electron chi connectivity index (χ4n) is 2.18. The average Bonchev–Trinajstić information content (AvgIpc) is 2.32. The van der Waals surface area contributed by atoms with E-state index in [9.17, 15) is 4.39 Å². The quantitative estimate of drug-likeness (QED) is 0.879. The first kappa shape index (κ1) is 12.7. The predicted molar refractivity (Wildman–Crippen MR) is 73.0 cm³/mol. The highest BCUT2D eigenvalue weighted by Crippen LogP contribution is 2.29. The molecule has 0 bridgehead atoms. The Labute approximate surface area is 106 Å². The van der Waals surface area contributed by atoms with Crippen molar-refractivity contribution < 1.29 is 4.39 Å². The van der Waals surface area contributed by atoms with E-state index in [1.165, 1.54) is 0 Å². The van der Waals surface area contributed by atoms with Crippen LogP contribution in [-0.4, -0.2) is 23.6 Å². The van der Waals surface area contributed by atoms with E-state index >= 15 is 0 Å². The molecule has 0 aromatic heterocycles. The summed E-state index contributed by atoms with van der Waals surface area (Å²) in [7, 11) is 0. The molecule has 1 aromatic carbocycles. The Hall–Kier alpha value is -0.740. The van der Waals surface area contributed by atoms with Gasteiger partial charge in [0.25, 0.3) is 0 Å². The molecule has 2 nitrogen and oxygen atoms in total. The Morgan fingerprint density at radius 3 is 2.88 bits per heavy atom. The van der Waals surface area contributed by atoms with E-state index in [-0.39, 0.29) is 12.4 Å². The minimum atomic E-state index is -0.192. The minimum Gasteiger partial charge on any atom is -0.367 e. The summed E-state index contributed by atoms with van der Waals surface area (Å²) in [6, 6.07) is 5.83. The Balaban J connectivity index is 2.24. The van der Waals surface area contributed by atoms with Crippen LogP contribution in [0, 0.1) is 5.82 Å². The van der Waals surface area contributed by atoms with E-state index in [0.29, 0.717) is 16.9 Å². The predicted octanol–water partition coefficient (Wildman–Crippen LogP) is 2.61. The topological polar surface area (TPSA) is 29.3 Å². The van der Waals surface area contributed by atoms with Gasteiger partial charge < -0.3 is 10.6 Å². The fourth-order valence-corrected chi connectivity index (χ4v) is 3.28. The SMILES string of the molecule is CC1SCCN(c2ccc(CN)c(F)c2)C1C. The maximum atomic E-state index is 13.7. The lowest BCUT2D eigenvalue weighted by atomic mass is 10.1. The summed E-state index contributed by atoms with van der Waals surface area (Å²) in [6.07, 6.45) is 0. The Bertz CT molecular complexity index is 397. The van der Waals surface area contributed by atoms with E-state index in [2.05, 4.69) is 18.7 Å². The molecule has 0 aliphatic carbocycles. The first-order valence-corrected chi connectivity index (χ1v) is 7.05. The second kappa shape index (κ2) is 5.27. The maximum absolute atomic E-state index is 13.7. The molecule has 1 aliphatic rings. The van der Waals surface area contributed by atoms with Crippen molar-refractivity contribution in [2.75, 3.05) is 17.2 Å². The molecule has 1 heterocycles. The van der Waals surface area contributed by atoms with Gasteiger partial charge in [-0.3, -0.25) is 0 Å². The molecule has 17 heavy (non-hydrogen) atoms. The summed E-state index contributed by atoms with van der Waals surface area (Å²) >= 11 is 1.98. The molecule has 1 aliphatic heterocycles. The van der Waals surface area contributed by atoms with Gasteiger partial charge in [0.2, 0.25) is 0 Å². The fraction of sp³-hybridized carbons (Fsp3) is 0.538. The van der Waals surface area contributed by atoms with Crippen molar-refractivity contribution in [3.63, 3.8) is 0 Å². The molecular formula is C13H19FN2S. The lowest BCUT2D eigenvalue weighted by Gasteiger charge is -2.39. The number of nitrogens with zero attached hydrogens (tertiary/aromatic N) is 1. The largest absolute Gasteiger partial charge is 0.367 e. The van der Waals surface area contributed by atoms with Crippen LogP contribution >= 0.6 is 11.8 Å². The smallest absolute Gasteiger partial charge is 0.129 e. The highest BCUT2D eigenvalue weighted by Gasteiger charge is 2.25. The van der Waals surface area contributed by atoms with Crippen molar-refractivity contribution in [2.24, 2.45) is 5.73 Å². The van der Waals surface area contributed by atoms with Crippen molar-refractivity contribution in [3.8, 4) is 0 Å². The van der Waals surface area contributed by atoms with Crippen LogP contribution in [0.4, 0.5) is 10.1 Å². The Morgan fingerprint density at radius 2 is 2.24 bits per heavy atom. The monoisotopic (exact) mass is 254 g/mol. The standard InChI is InChI=1S/C13H19FN2S/c1-9-10(2)17-6-5-16(9)12-4-3-11(8-15)13(14)7-12/h3-4,7,9-10H,5-6,8,15H2,1-2H3. The number of nitrogens with two attached hydrogens (primary N) is 1. The van der Waals surface area contributed by atoms with Crippen LogP contribution in [0.1, 0.15) is 19.4 Å². The first-order valence-electron chi connectivity index (χ1n) is 6.00. The van der Waals surface area contributed by atoms with Crippen molar-refractivity contribution >= 4 is 17.4 Å². The van der Waals surface area contributed by atoms with E-state index in [0.717, 1.165) is 18.0 Å². The van der Waals surface area contributed by atoms with Crippen LogP contribution in [0.25, 0.3) is 0 Å². The number of thioether (sulfide) groups is 1. The molecule has 1 aromatic rings. The number of hydrogen-bond donors (Lipinski definition) is 1. The number of benzene rings is 1. The minimum absolute atomic E-state index is 0.192. The van der Waals surface area contributed by atoms with Gasteiger partial charge in [-0.05, 0) is 19.1 Å². The van der Waals surface area contributed by atoms with Gasteiger partial charge in [0, 0.05) is 41.4 Å². The molecule has 0 saturated carbocycles. The number of hydrogen-bond acceptors (Lipinski definition) is 3. The second-order valence-electron chi connectivity index (χ2n) is 4.49. The number of rotatable bonds is 2. The van der Waals surface area contributed by atoms with E-state index in [1.807, 2.05) is 17.8 Å². The van der Waals surface area contributed by atoms with Crippen molar-refractivity contribution in [3.05, 3.63) is 29.6 Å². The van der Waals surface area contributed by atoms with Crippen molar-refractivity contribution in [2.45, 2.75) is 31.7 Å². The normalized spacial score (nSPS) is 25.1. The molecule has 1 fully saturated rings. The third-order valence-corrected chi connectivity index (χ3v) is 4.81. The first-order chi connectivity index (χ1) is 8.13. The highest BCUT2D eigenvalue weighted by atomic mass is 32.2. The summed E-state index contributed by atoms with van der Waals surface area (Å²) in [4.78, 5) is 2.28. The lowest BCUT2D eigenvalue weighted by molar-refractivity contribution is 0.599. The van der Waals surface area contributed by atoms with Crippen LogP contribution in [0.15, 0.2) is 18.2 Å². The molecule has 4 heteroatoms. The zero-order valence-corrected chi connectivity index (χ0v) is 11.1. The summed E-state index contributed by atoms with van der Waals surface area (Å²) in [5.41, 5.74) is 7.03. The van der Waals surface area contributed by atoms with Gasteiger partial charge in [0.05, 0.1) is 0 Å². The van der Waals surface area contributed by atoms with Gasteiger partial charge in [0.1, 0.15) is 5.82 Å². The van der Waals surface area contributed by atoms with Gasteiger partial charge in [0.15, 0.2) is 0 Å². The highest BCUT2D eigenvalue weighted by molar-refractivity contribution is 8.00. The summed E-state index contributed by atoms with van der Waals surface area (Å²) < 4.78 is 13.7. The lowest BCUT2D eigenvalue weighted by Crippen LogP contribution is -2.44. The molecule has 1 saturated heterocycles. The third-order valence-electron chi connectivity index (χ3n) is 3.47. The van der Waals surface area contributed by atoms with Crippen molar-refractivity contribution in [1.29, 1.82) is 0 Å². The summed E-state index contributed by atoms with van der Waals surface area (Å²) in [6.45, 7) is 5.67. The second-order valence-corrected chi connectivity index (χ2v) is 5.97. The van der Waals surface area contributed by atoms with Gasteiger partial charge in [-0.2, -0.15) is 11.8 Å². The van der Waals surface area contributed by atoms with E-state index < -0.39 is 0 Å². The van der Waals surface area contributed by atoms with Crippen LogP contribution in [0.2, 0.25) is 0 Å². The third kappa shape index (κ3) is 2.58. The molecule has 2 atom stereocenters. The average molecular weight is 254 g/mol. The zero-order chi connectivity index (χ0) is 12.4. The van der Waals surface area contributed by atoms with Crippen LogP contribution < -0.4 is 10.6 Å². The van der Waals surface area contributed by atoms with Crippen LogP contribution in [0.3, 0.4) is 0 Å². The molecule has 2 rings (SSSR count). The molecule has 2 N–H and O–H groups in total. The molecular weight excluding hydrogens is 235 g/mol. The van der Waals surface area contributed by atoms with Crippen LogP contribution in [-0.2, 0) is 6.54 Å². The number of halogens is 1. The van der Waals surface area contributed by atoms with Gasteiger partial charge in [-0.1, -0.05) is 13.0 Å². The van der Waals surface area contributed by atoms with Gasteiger partial charge >= 0.3 is 0 Å². The maximum Gasteiger partial charge on any atom is 0.129 e. The molecule has 0 radical (unpaired) electrons. The Kier molecular flexibility index (Phi) is 3.94. The number of anilines is 1. The molecule has 0 amide bonds. The summed E-state index contributed by atoms with van der Waals surface area (Å²) in [5, 5.41) is 0.584. The molecule has 94 valence electrons. The van der Waals surface area contributed by atoms with E-state index in [4.69, 9.17) is 5.73 Å². The zero-order valence-electron chi connectivity index (χ0n) is 10.3. The van der Waals surface area contributed by atoms with Gasteiger partial charge in [-0.25, -0.2) is 4.39 Å².